The molecule has 1 aromatic rings. The maximum Gasteiger partial charge on any atom is 0.338 e. The van der Waals surface area contributed by atoms with Gasteiger partial charge in [-0.05, 0) is 62.3 Å². The molecule has 1 saturated carbocycles. The Morgan fingerprint density at radius 3 is 2.52 bits per heavy atom. The summed E-state index contributed by atoms with van der Waals surface area (Å²) in [6.45, 7) is 0.477. The zero-order valence-electron chi connectivity index (χ0n) is 12.3. The highest BCUT2D eigenvalue weighted by Crippen LogP contribution is 2.28. The molecule has 5 heteroatoms. The molecule has 2 atom stereocenters. The molecule has 1 aliphatic rings. The molecule has 0 radical (unpaired) electrons. The molecule has 4 nitrogen and oxygen atoms in total. The maximum absolute atomic E-state index is 11.7. The first-order valence-corrected chi connectivity index (χ1v) is 7.45. The molecule has 4 N–H and O–H groups in total. The van der Waals surface area contributed by atoms with Gasteiger partial charge in [0.2, 0.25) is 0 Å². The third-order valence-electron chi connectivity index (χ3n) is 4.07. The zero-order valence-corrected chi connectivity index (χ0v) is 13.1. The van der Waals surface area contributed by atoms with Crippen LogP contribution in [0.2, 0.25) is 0 Å². The Balaban J connectivity index is 0.00000220. The number of nitrogen functional groups attached to an aromatic ring is 1. The maximum atomic E-state index is 11.7. The SMILES string of the molecule is Cl.Nc1ccc(C(=O)OCCCCC2CCCC2N)cc1. The number of benzene rings is 1. The Labute approximate surface area is 132 Å². The first-order chi connectivity index (χ1) is 9.66. The van der Waals surface area contributed by atoms with Gasteiger partial charge in [-0.2, -0.15) is 0 Å². The molecule has 0 saturated heterocycles. The van der Waals surface area contributed by atoms with Crippen molar-refractivity contribution < 1.29 is 9.53 Å². The molecule has 21 heavy (non-hydrogen) atoms. The van der Waals surface area contributed by atoms with Gasteiger partial charge in [-0.3, -0.25) is 0 Å². The van der Waals surface area contributed by atoms with Gasteiger partial charge >= 0.3 is 5.97 Å². The van der Waals surface area contributed by atoms with Crippen molar-refractivity contribution in [1.29, 1.82) is 0 Å². The summed E-state index contributed by atoms with van der Waals surface area (Å²) in [6, 6.07) is 7.17. The molecule has 0 amide bonds. The molecule has 1 aliphatic carbocycles. The number of unbranched alkanes of at least 4 members (excludes halogenated alkanes) is 1. The molecule has 0 spiro atoms. The molecule has 2 unspecified atom stereocenters. The van der Waals surface area contributed by atoms with Gasteiger partial charge in [-0.1, -0.05) is 6.42 Å². The second kappa shape index (κ2) is 8.90. The number of ether oxygens (including phenoxy) is 1. The first kappa shape index (κ1) is 17.8. The lowest BCUT2D eigenvalue weighted by Gasteiger charge is -2.14. The fourth-order valence-electron chi connectivity index (χ4n) is 2.80. The van der Waals surface area contributed by atoms with Gasteiger partial charge < -0.3 is 16.2 Å². The second-order valence-electron chi connectivity index (χ2n) is 5.61. The number of halogens is 1. The number of carbonyl (C=O) groups excluding carboxylic acids is 1. The molecule has 118 valence electrons. The summed E-state index contributed by atoms with van der Waals surface area (Å²) in [4.78, 5) is 11.7. The van der Waals surface area contributed by atoms with Crippen LogP contribution in [-0.2, 0) is 4.74 Å². The van der Waals surface area contributed by atoms with E-state index in [2.05, 4.69) is 0 Å². The van der Waals surface area contributed by atoms with Crippen LogP contribution < -0.4 is 11.5 Å². The normalized spacial score (nSPS) is 20.8. The molecule has 0 heterocycles. The molecular formula is C16H25ClN2O2. The molecular weight excluding hydrogens is 288 g/mol. The predicted molar refractivity (Wildman–Crippen MR) is 87.6 cm³/mol. The van der Waals surface area contributed by atoms with Crippen LogP contribution in [-0.4, -0.2) is 18.6 Å². The van der Waals surface area contributed by atoms with Crippen molar-refractivity contribution in [2.45, 2.75) is 44.6 Å². The summed E-state index contributed by atoms with van der Waals surface area (Å²) >= 11 is 0. The predicted octanol–water partition coefficient (Wildman–Crippen LogP) is 3.15. The number of esters is 1. The highest BCUT2D eigenvalue weighted by Gasteiger charge is 2.22. The Bertz CT molecular complexity index is 436. The molecule has 0 bridgehead atoms. The number of anilines is 1. The standard InChI is InChI=1S/C16H24N2O2.ClH/c17-14-9-7-13(8-10-14)16(19)20-11-2-1-4-12-5-3-6-15(12)18;/h7-10,12,15H,1-6,11,17-18H2;1H. The summed E-state index contributed by atoms with van der Waals surface area (Å²) in [5, 5.41) is 0. The van der Waals surface area contributed by atoms with E-state index in [-0.39, 0.29) is 18.4 Å². The third kappa shape index (κ3) is 5.56. The van der Waals surface area contributed by atoms with E-state index in [0.29, 0.717) is 29.8 Å². The summed E-state index contributed by atoms with van der Waals surface area (Å²) in [7, 11) is 0. The Morgan fingerprint density at radius 1 is 1.19 bits per heavy atom. The van der Waals surface area contributed by atoms with Crippen molar-refractivity contribution in [2.24, 2.45) is 11.7 Å². The molecule has 1 fully saturated rings. The Kier molecular flexibility index (Phi) is 7.54. The van der Waals surface area contributed by atoms with E-state index in [1.807, 2.05) is 0 Å². The minimum absolute atomic E-state index is 0. The van der Waals surface area contributed by atoms with Crippen LogP contribution in [0.3, 0.4) is 0 Å². The van der Waals surface area contributed by atoms with Crippen LogP contribution in [0, 0.1) is 5.92 Å². The molecule has 2 rings (SSSR count). The van der Waals surface area contributed by atoms with Crippen LogP contribution in [0.4, 0.5) is 5.69 Å². The lowest BCUT2D eigenvalue weighted by Crippen LogP contribution is -2.24. The Morgan fingerprint density at radius 2 is 1.90 bits per heavy atom. The number of hydrogen-bond donors (Lipinski definition) is 2. The van der Waals surface area contributed by atoms with E-state index in [4.69, 9.17) is 16.2 Å². The summed E-state index contributed by atoms with van der Waals surface area (Å²) in [5.74, 6) is 0.394. The number of nitrogens with two attached hydrogens (primary N) is 2. The van der Waals surface area contributed by atoms with Crippen LogP contribution in [0.15, 0.2) is 24.3 Å². The van der Waals surface area contributed by atoms with Gasteiger partial charge in [0.05, 0.1) is 12.2 Å². The summed E-state index contributed by atoms with van der Waals surface area (Å²) in [6.07, 6.45) is 6.82. The van der Waals surface area contributed by atoms with Crippen LogP contribution in [0.1, 0.15) is 48.9 Å². The van der Waals surface area contributed by atoms with Gasteiger partial charge in [-0.25, -0.2) is 4.79 Å². The fourth-order valence-corrected chi connectivity index (χ4v) is 2.80. The van der Waals surface area contributed by atoms with E-state index in [0.717, 1.165) is 25.7 Å². The van der Waals surface area contributed by atoms with Gasteiger partial charge in [0.25, 0.3) is 0 Å². The first-order valence-electron chi connectivity index (χ1n) is 7.45. The van der Waals surface area contributed by atoms with E-state index in [1.165, 1.54) is 12.8 Å². The van der Waals surface area contributed by atoms with E-state index in [1.54, 1.807) is 24.3 Å². The van der Waals surface area contributed by atoms with Crippen LogP contribution in [0.5, 0.6) is 0 Å². The topological polar surface area (TPSA) is 78.3 Å². The largest absolute Gasteiger partial charge is 0.462 e. The summed E-state index contributed by atoms with van der Waals surface area (Å²) in [5.41, 5.74) is 12.8. The third-order valence-corrected chi connectivity index (χ3v) is 4.07. The minimum Gasteiger partial charge on any atom is -0.462 e. The average Bonchev–Trinajstić information content (AvgIpc) is 2.84. The number of carbonyl (C=O) groups is 1. The molecule has 0 aromatic heterocycles. The smallest absolute Gasteiger partial charge is 0.338 e. The molecule has 1 aromatic carbocycles. The van der Waals surface area contributed by atoms with Crippen molar-refractivity contribution in [1.82, 2.24) is 0 Å². The van der Waals surface area contributed by atoms with Crippen molar-refractivity contribution in [3.05, 3.63) is 29.8 Å². The highest BCUT2D eigenvalue weighted by atomic mass is 35.5. The lowest BCUT2D eigenvalue weighted by molar-refractivity contribution is 0.0496. The highest BCUT2D eigenvalue weighted by molar-refractivity contribution is 5.89. The van der Waals surface area contributed by atoms with Crippen molar-refractivity contribution in [3.8, 4) is 0 Å². The van der Waals surface area contributed by atoms with Crippen molar-refractivity contribution >= 4 is 24.1 Å². The number of hydrogen-bond acceptors (Lipinski definition) is 4. The fraction of sp³-hybridized carbons (Fsp3) is 0.562. The van der Waals surface area contributed by atoms with Gasteiger partial charge in [0, 0.05) is 11.7 Å². The Hall–Kier alpha value is -1.26. The monoisotopic (exact) mass is 312 g/mol. The van der Waals surface area contributed by atoms with Crippen molar-refractivity contribution in [3.63, 3.8) is 0 Å². The molecule has 0 aliphatic heterocycles. The number of rotatable bonds is 6. The van der Waals surface area contributed by atoms with Gasteiger partial charge in [-0.15, -0.1) is 12.4 Å². The van der Waals surface area contributed by atoms with Gasteiger partial charge in [0.1, 0.15) is 0 Å². The quantitative estimate of drug-likeness (QED) is 0.480. The zero-order chi connectivity index (χ0) is 14.4. The lowest BCUT2D eigenvalue weighted by atomic mass is 9.97. The van der Waals surface area contributed by atoms with E-state index < -0.39 is 0 Å². The summed E-state index contributed by atoms with van der Waals surface area (Å²) < 4.78 is 5.25. The van der Waals surface area contributed by atoms with Crippen LogP contribution >= 0.6 is 12.4 Å². The second-order valence-corrected chi connectivity index (χ2v) is 5.61. The van der Waals surface area contributed by atoms with E-state index in [9.17, 15) is 4.79 Å². The van der Waals surface area contributed by atoms with Gasteiger partial charge in [0.15, 0.2) is 0 Å². The van der Waals surface area contributed by atoms with E-state index >= 15 is 0 Å². The van der Waals surface area contributed by atoms with Crippen molar-refractivity contribution in [2.75, 3.05) is 12.3 Å². The average molecular weight is 313 g/mol. The minimum atomic E-state index is -0.275. The van der Waals surface area contributed by atoms with Crippen LogP contribution in [0.25, 0.3) is 0 Å².